The minimum Gasteiger partial charge on any atom is -0.367 e. The van der Waals surface area contributed by atoms with Crippen molar-refractivity contribution in [1.29, 1.82) is 0 Å². The van der Waals surface area contributed by atoms with Crippen molar-refractivity contribution in [2.45, 2.75) is 46.1 Å². The van der Waals surface area contributed by atoms with Gasteiger partial charge in [-0.3, -0.25) is 5.10 Å². The summed E-state index contributed by atoms with van der Waals surface area (Å²) in [7, 11) is 0. The van der Waals surface area contributed by atoms with Gasteiger partial charge in [-0.15, -0.1) is 0 Å². The Bertz CT molecular complexity index is 890. The Labute approximate surface area is 156 Å². The first-order valence-corrected chi connectivity index (χ1v) is 9.59. The second-order valence-corrected chi connectivity index (χ2v) is 7.69. The van der Waals surface area contributed by atoms with Gasteiger partial charge in [-0.2, -0.15) is 5.10 Å². The van der Waals surface area contributed by atoms with Gasteiger partial charge in [0.25, 0.3) is 0 Å². The van der Waals surface area contributed by atoms with Gasteiger partial charge in [-0.25, -0.2) is 0 Å². The third kappa shape index (κ3) is 3.39. The molecular weight excluding hydrogens is 318 g/mol. The van der Waals surface area contributed by atoms with Gasteiger partial charge in [0.05, 0.1) is 11.4 Å². The summed E-state index contributed by atoms with van der Waals surface area (Å²) in [6.45, 7) is 8.61. The number of hydrogen-bond acceptors (Lipinski definition) is 2. The molecule has 0 atom stereocenters. The normalized spacial score (nSPS) is 13.9. The van der Waals surface area contributed by atoms with E-state index < -0.39 is 0 Å². The van der Waals surface area contributed by atoms with E-state index >= 15 is 0 Å². The van der Waals surface area contributed by atoms with Crippen LogP contribution in [-0.4, -0.2) is 16.7 Å². The molecule has 0 fully saturated rings. The first-order chi connectivity index (χ1) is 12.6. The van der Waals surface area contributed by atoms with Crippen LogP contribution >= 0.6 is 0 Å². The van der Waals surface area contributed by atoms with Crippen LogP contribution in [0.25, 0.3) is 11.3 Å². The molecule has 0 saturated heterocycles. The molecule has 3 nitrogen and oxygen atoms in total. The summed E-state index contributed by atoms with van der Waals surface area (Å²) in [4.78, 5) is 2.52. The molecule has 0 amide bonds. The van der Waals surface area contributed by atoms with Gasteiger partial charge in [0, 0.05) is 18.8 Å². The summed E-state index contributed by atoms with van der Waals surface area (Å²) < 4.78 is 0. The molecule has 1 aliphatic rings. The topological polar surface area (TPSA) is 31.9 Å². The summed E-state index contributed by atoms with van der Waals surface area (Å²) in [5.41, 5.74) is 8.98. The van der Waals surface area contributed by atoms with Crippen LogP contribution in [0.4, 0.5) is 5.69 Å². The molecule has 0 aliphatic carbocycles. The van der Waals surface area contributed by atoms with Gasteiger partial charge in [0.15, 0.2) is 0 Å². The van der Waals surface area contributed by atoms with E-state index in [1.165, 1.54) is 34.4 Å². The SMILES string of the molecule is Cc1cc(-c2ccc3c(c2)CCCN3Cc2ccc(C(C)C)cc2)[nH]n1. The number of aryl methyl sites for hydroxylation is 2. The first kappa shape index (κ1) is 16.9. The molecule has 0 spiro atoms. The van der Waals surface area contributed by atoms with E-state index in [2.05, 4.69) is 77.5 Å². The van der Waals surface area contributed by atoms with Gasteiger partial charge >= 0.3 is 0 Å². The van der Waals surface area contributed by atoms with Crippen LogP contribution in [0.5, 0.6) is 0 Å². The zero-order valence-electron chi connectivity index (χ0n) is 15.9. The molecule has 3 heteroatoms. The highest BCUT2D eigenvalue weighted by molar-refractivity contribution is 5.67. The number of aromatic amines is 1. The number of hydrogen-bond donors (Lipinski definition) is 1. The highest BCUT2D eigenvalue weighted by Gasteiger charge is 2.18. The van der Waals surface area contributed by atoms with Crippen molar-refractivity contribution < 1.29 is 0 Å². The number of benzene rings is 2. The predicted octanol–water partition coefficient (Wildman–Crippen LogP) is 5.46. The summed E-state index contributed by atoms with van der Waals surface area (Å²) in [5, 5.41) is 7.39. The van der Waals surface area contributed by atoms with Crippen molar-refractivity contribution in [3.05, 3.63) is 70.9 Å². The second-order valence-electron chi connectivity index (χ2n) is 7.69. The van der Waals surface area contributed by atoms with E-state index in [-0.39, 0.29) is 0 Å². The first-order valence-electron chi connectivity index (χ1n) is 9.59. The van der Waals surface area contributed by atoms with E-state index in [0.717, 1.165) is 30.9 Å². The number of fused-ring (bicyclic) bond motifs is 1. The fraction of sp³-hybridized carbons (Fsp3) is 0.348. The molecule has 3 aromatic rings. The number of H-pyrrole nitrogens is 1. The number of anilines is 1. The maximum absolute atomic E-state index is 4.26. The monoisotopic (exact) mass is 345 g/mol. The smallest absolute Gasteiger partial charge is 0.0653 e. The second kappa shape index (κ2) is 6.99. The molecule has 2 aromatic carbocycles. The van der Waals surface area contributed by atoms with E-state index in [1.54, 1.807) is 0 Å². The van der Waals surface area contributed by atoms with Crippen molar-refractivity contribution in [1.82, 2.24) is 10.2 Å². The fourth-order valence-electron chi connectivity index (χ4n) is 3.80. The lowest BCUT2D eigenvalue weighted by molar-refractivity contribution is 0.691. The molecule has 0 unspecified atom stereocenters. The summed E-state index contributed by atoms with van der Waals surface area (Å²) in [6, 6.07) is 18.0. The minimum absolute atomic E-state index is 0.587. The Morgan fingerprint density at radius 1 is 1.08 bits per heavy atom. The van der Waals surface area contributed by atoms with E-state index in [4.69, 9.17) is 0 Å². The molecule has 1 aromatic heterocycles. The van der Waals surface area contributed by atoms with Crippen LogP contribution in [0.3, 0.4) is 0 Å². The molecule has 4 rings (SSSR count). The zero-order valence-corrected chi connectivity index (χ0v) is 15.9. The Hall–Kier alpha value is -2.55. The van der Waals surface area contributed by atoms with Crippen LogP contribution in [0, 0.1) is 6.92 Å². The van der Waals surface area contributed by atoms with Crippen LogP contribution in [-0.2, 0) is 13.0 Å². The maximum atomic E-state index is 4.26. The molecular formula is C23H27N3. The predicted molar refractivity (Wildman–Crippen MR) is 109 cm³/mol. The number of nitrogens with one attached hydrogen (secondary N) is 1. The Kier molecular flexibility index (Phi) is 4.54. The highest BCUT2D eigenvalue weighted by atomic mass is 15.1. The van der Waals surface area contributed by atoms with Gasteiger partial charge in [-0.05, 0) is 66.1 Å². The van der Waals surface area contributed by atoms with Crippen molar-refractivity contribution >= 4 is 5.69 Å². The maximum Gasteiger partial charge on any atom is 0.0653 e. The standard InChI is InChI=1S/C23H27N3/c1-16(2)19-8-6-18(7-9-19)15-26-12-4-5-21-14-20(10-11-23(21)26)22-13-17(3)24-25-22/h6-11,13-14,16H,4-5,12,15H2,1-3H3,(H,24,25). The van der Waals surface area contributed by atoms with Gasteiger partial charge in [0.2, 0.25) is 0 Å². The molecule has 1 N–H and O–H groups in total. The van der Waals surface area contributed by atoms with Gasteiger partial charge in [-0.1, -0.05) is 44.2 Å². The van der Waals surface area contributed by atoms with Crippen molar-refractivity contribution in [3.8, 4) is 11.3 Å². The third-order valence-electron chi connectivity index (χ3n) is 5.33. The highest BCUT2D eigenvalue weighted by Crippen LogP contribution is 2.32. The van der Waals surface area contributed by atoms with Crippen molar-refractivity contribution in [2.75, 3.05) is 11.4 Å². The Balaban J connectivity index is 1.57. The third-order valence-corrected chi connectivity index (χ3v) is 5.33. The molecule has 0 saturated carbocycles. The van der Waals surface area contributed by atoms with E-state index in [0.29, 0.717) is 5.92 Å². The molecule has 0 bridgehead atoms. The minimum atomic E-state index is 0.587. The van der Waals surface area contributed by atoms with E-state index in [9.17, 15) is 0 Å². The number of rotatable bonds is 4. The van der Waals surface area contributed by atoms with Gasteiger partial charge in [0.1, 0.15) is 0 Å². The summed E-state index contributed by atoms with van der Waals surface area (Å²) >= 11 is 0. The lowest BCUT2D eigenvalue weighted by Crippen LogP contribution is -2.28. The van der Waals surface area contributed by atoms with Crippen molar-refractivity contribution in [3.63, 3.8) is 0 Å². The van der Waals surface area contributed by atoms with Crippen LogP contribution in [0.15, 0.2) is 48.5 Å². The molecule has 134 valence electrons. The quantitative estimate of drug-likeness (QED) is 0.681. The van der Waals surface area contributed by atoms with Crippen LogP contribution in [0.1, 0.15) is 48.6 Å². The number of aromatic nitrogens is 2. The lowest BCUT2D eigenvalue weighted by atomic mass is 9.97. The average molecular weight is 345 g/mol. The lowest BCUT2D eigenvalue weighted by Gasteiger charge is -2.32. The largest absolute Gasteiger partial charge is 0.367 e. The molecule has 1 aliphatic heterocycles. The van der Waals surface area contributed by atoms with Crippen LogP contribution in [0.2, 0.25) is 0 Å². The Morgan fingerprint density at radius 3 is 2.58 bits per heavy atom. The fourth-order valence-corrected chi connectivity index (χ4v) is 3.80. The van der Waals surface area contributed by atoms with Crippen molar-refractivity contribution in [2.24, 2.45) is 0 Å². The van der Waals surface area contributed by atoms with Gasteiger partial charge < -0.3 is 4.90 Å². The molecule has 2 heterocycles. The summed E-state index contributed by atoms with van der Waals surface area (Å²) in [6.07, 6.45) is 2.36. The zero-order chi connectivity index (χ0) is 18.1. The Morgan fingerprint density at radius 2 is 1.88 bits per heavy atom. The molecule has 0 radical (unpaired) electrons. The number of nitrogens with zero attached hydrogens (tertiary/aromatic N) is 2. The summed E-state index contributed by atoms with van der Waals surface area (Å²) in [5.74, 6) is 0.587. The van der Waals surface area contributed by atoms with E-state index in [1.807, 2.05) is 6.92 Å². The average Bonchev–Trinajstić information content (AvgIpc) is 3.08. The molecule has 26 heavy (non-hydrogen) atoms. The van der Waals surface area contributed by atoms with Crippen LogP contribution < -0.4 is 4.90 Å².